The number of nitrogens with one attached hydrogen (secondary N) is 1. The summed E-state index contributed by atoms with van der Waals surface area (Å²) in [4.78, 5) is 21.9. The molecule has 2 N–H and O–H groups in total. The fraction of sp³-hybridized carbons (Fsp3) is 0.300. The number of hydrogen-bond acceptors (Lipinski definition) is 5. The fourth-order valence-electron chi connectivity index (χ4n) is 1.34. The highest BCUT2D eigenvalue weighted by Crippen LogP contribution is 2.33. The first kappa shape index (κ1) is 12.5. The lowest BCUT2D eigenvalue weighted by atomic mass is 10.3. The number of hydrogen-bond donors (Lipinski definition) is 2. The SMILES string of the molecule is CC(Sc1n[nH]c(=O)n1C)c1ccc(C(=O)O)o1. The van der Waals surface area contributed by atoms with E-state index in [4.69, 9.17) is 9.52 Å². The number of carbonyl (C=O) groups is 1. The van der Waals surface area contributed by atoms with Crippen molar-refractivity contribution in [3.63, 3.8) is 0 Å². The molecule has 7 nitrogen and oxygen atoms in total. The number of nitrogens with zero attached hydrogens (tertiary/aromatic N) is 2. The molecule has 8 heteroatoms. The van der Waals surface area contributed by atoms with Crippen LogP contribution in [-0.4, -0.2) is 25.8 Å². The lowest BCUT2D eigenvalue weighted by Gasteiger charge is -2.06. The monoisotopic (exact) mass is 269 g/mol. The van der Waals surface area contributed by atoms with Crippen LogP contribution < -0.4 is 5.69 Å². The van der Waals surface area contributed by atoms with Crippen LogP contribution in [0.25, 0.3) is 0 Å². The standard InChI is InChI=1S/C10H11N3O4S/c1-5(6-3-4-7(17-6)8(14)15)18-10-12-11-9(16)13(10)2/h3-5H,1-2H3,(H,11,16)(H,14,15). The van der Waals surface area contributed by atoms with E-state index in [1.54, 1.807) is 13.1 Å². The molecule has 2 aromatic rings. The van der Waals surface area contributed by atoms with E-state index in [0.29, 0.717) is 10.9 Å². The van der Waals surface area contributed by atoms with Gasteiger partial charge in [0, 0.05) is 7.05 Å². The molecule has 0 saturated carbocycles. The molecule has 0 saturated heterocycles. The molecule has 0 aliphatic carbocycles. The third-order valence-corrected chi connectivity index (χ3v) is 3.52. The molecule has 18 heavy (non-hydrogen) atoms. The quantitative estimate of drug-likeness (QED) is 0.810. The number of carboxylic acids is 1. The normalized spacial score (nSPS) is 12.6. The van der Waals surface area contributed by atoms with Crippen molar-refractivity contribution in [3.05, 3.63) is 34.1 Å². The largest absolute Gasteiger partial charge is 0.475 e. The molecule has 0 radical (unpaired) electrons. The first-order valence-corrected chi connectivity index (χ1v) is 5.98. The molecule has 0 amide bonds. The Labute approximate surface area is 106 Å². The average Bonchev–Trinajstić information content (AvgIpc) is 2.91. The number of rotatable bonds is 4. The molecule has 0 spiro atoms. The Balaban J connectivity index is 2.16. The van der Waals surface area contributed by atoms with Gasteiger partial charge in [-0.3, -0.25) is 4.57 Å². The minimum absolute atomic E-state index is 0.103. The topological polar surface area (TPSA) is 101 Å². The van der Waals surface area contributed by atoms with Gasteiger partial charge in [0.2, 0.25) is 5.76 Å². The van der Waals surface area contributed by atoms with Crippen LogP contribution in [0.2, 0.25) is 0 Å². The van der Waals surface area contributed by atoms with E-state index in [0.717, 1.165) is 0 Å². The van der Waals surface area contributed by atoms with Gasteiger partial charge in [0.1, 0.15) is 5.76 Å². The molecule has 0 aromatic carbocycles. The lowest BCUT2D eigenvalue weighted by molar-refractivity contribution is 0.0660. The molecular formula is C10H11N3O4S. The van der Waals surface area contributed by atoms with E-state index in [-0.39, 0.29) is 16.7 Å². The Kier molecular flexibility index (Phi) is 3.28. The van der Waals surface area contributed by atoms with Crippen molar-refractivity contribution < 1.29 is 14.3 Å². The van der Waals surface area contributed by atoms with Gasteiger partial charge in [-0.1, -0.05) is 11.8 Å². The van der Waals surface area contributed by atoms with E-state index < -0.39 is 5.97 Å². The second-order valence-electron chi connectivity index (χ2n) is 3.64. The number of furan rings is 1. The molecule has 1 atom stereocenters. The molecule has 1 unspecified atom stereocenters. The van der Waals surface area contributed by atoms with Crippen LogP contribution in [0.1, 0.15) is 28.5 Å². The summed E-state index contributed by atoms with van der Waals surface area (Å²) in [5.41, 5.74) is -0.296. The number of aromatic nitrogens is 3. The van der Waals surface area contributed by atoms with Crippen LogP contribution in [0.15, 0.2) is 26.5 Å². The van der Waals surface area contributed by atoms with Crippen LogP contribution >= 0.6 is 11.8 Å². The number of aromatic amines is 1. The minimum atomic E-state index is -1.11. The van der Waals surface area contributed by atoms with E-state index in [9.17, 15) is 9.59 Å². The van der Waals surface area contributed by atoms with Gasteiger partial charge in [-0.25, -0.2) is 14.7 Å². The summed E-state index contributed by atoms with van der Waals surface area (Å²) in [6.45, 7) is 1.84. The summed E-state index contributed by atoms with van der Waals surface area (Å²) >= 11 is 1.30. The maximum Gasteiger partial charge on any atom is 0.371 e. The number of thioether (sulfide) groups is 1. The molecule has 0 fully saturated rings. The molecule has 2 aromatic heterocycles. The van der Waals surface area contributed by atoms with Gasteiger partial charge < -0.3 is 9.52 Å². The first-order valence-electron chi connectivity index (χ1n) is 5.10. The second kappa shape index (κ2) is 4.73. The van der Waals surface area contributed by atoms with Crippen molar-refractivity contribution >= 4 is 17.7 Å². The van der Waals surface area contributed by atoms with Gasteiger partial charge in [0.05, 0.1) is 5.25 Å². The van der Waals surface area contributed by atoms with Crippen molar-refractivity contribution in [1.82, 2.24) is 14.8 Å². The van der Waals surface area contributed by atoms with Crippen molar-refractivity contribution in [2.45, 2.75) is 17.3 Å². The zero-order valence-electron chi connectivity index (χ0n) is 9.71. The molecular weight excluding hydrogens is 258 g/mol. The Morgan fingerprint density at radius 3 is 2.83 bits per heavy atom. The first-order chi connectivity index (χ1) is 8.49. The van der Waals surface area contributed by atoms with Crippen molar-refractivity contribution in [1.29, 1.82) is 0 Å². The fourth-order valence-corrected chi connectivity index (χ4v) is 2.24. The van der Waals surface area contributed by atoms with Gasteiger partial charge in [-0.2, -0.15) is 0 Å². The zero-order valence-corrected chi connectivity index (χ0v) is 10.5. The van der Waals surface area contributed by atoms with Crippen molar-refractivity contribution in [3.8, 4) is 0 Å². The Bertz CT molecular complexity index is 627. The van der Waals surface area contributed by atoms with E-state index in [1.807, 2.05) is 6.92 Å². The Hall–Kier alpha value is -1.96. The highest BCUT2D eigenvalue weighted by atomic mass is 32.2. The van der Waals surface area contributed by atoms with E-state index in [2.05, 4.69) is 10.2 Å². The second-order valence-corrected chi connectivity index (χ2v) is 4.95. The zero-order chi connectivity index (χ0) is 13.3. The lowest BCUT2D eigenvalue weighted by Crippen LogP contribution is -2.13. The molecule has 0 aliphatic rings. The third kappa shape index (κ3) is 2.33. The van der Waals surface area contributed by atoms with Gasteiger partial charge in [-0.15, -0.1) is 5.10 Å². The highest BCUT2D eigenvalue weighted by Gasteiger charge is 2.17. The molecule has 0 bridgehead atoms. The maximum absolute atomic E-state index is 11.2. The summed E-state index contributed by atoms with van der Waals surface area (Å²) < 4.78 is 6.56. The van der Waals surface area contributed by atoms with E-state index >= 15 is 0 Å². The predicted molar refractivity (Wildman–Crippen MR) is 63.8 cm³/mol. The summed E-state index contributed by atoms with van der Waals surface area (Å²) in [7, 11) is 1.60. The van der Waals surface area contributed by atoms with E-state index in [1.165, 1.54) is 22.4 Å². The van der Waals surface area contributed by atoms with Crippen LogP contribution in [0, 0.1) is 0 Å². The maximum atomic E-state index is 11.2. The van der Waals surface area contributed by atoms with Gasteiger partial charge in [0.25, 0.3) is 0 Å². The Morgan fingerprint density at radius 1 is 1.61 bits per heavy atom. The van der Waals surface area contributed by atoms with Crippen LogP contribution in [0.3, 0.4) is 0 Å². The van der Waals surface area contributed by atoms with Gasteiger partial charge in [0.15, 0.2) is 5.16 Å². The van der Waals surface area contributed by atoms with Gasteiger partial charge >= 0.3 is 11.7 Å². The summed E-state index contributed by atoms with van der Waals surface area (Å²) in [5.74, 6) is -0.688. The van der Waals surface area contributed by atoms with Crippen LogP contribution in [-0.2, 0) is 7.05 Å². The Morgan fingerprint density at radius 2 is 2.33 bits per heavy atom. The van der Waals surface area contributed by atoms with Crippen LogP contribution in [0.4, 0.5) is 0 Å². The molecule has 0 aliphatic heterocycles. The summed E-state index contributed by atoms with van der Waals surface area (Å²) in [6.07, 6.45) is 0. The average molecular weight is 269 g/mol. The van der Waals surface area contributed by atoms with Gasteiger partial charge in [-0.05, 0) is 19.1 Å². The summed E-state index contributed by atoms with van der Waals surface area (Å²) in [6, 6.07) is 3.00. The smallest absolute Gasteiger partial charge is 0.371 e. The van der Waals surface area contributed by atoms with Crippen LogP contribution in [0.5, 0.6) is 0 Å². The highest BCUT2D eigenvalue weighted by molar-refractivity contribution is 7.99. The number of carboxylic acid groups (broad SMARTS) is 1. The van der Waals surface area contributed by atoms with Crippen molar-refractivity contribution in [2.24, 2.45) is 7.05 Å². The minimum Gasteiger partial charge on any atom is -0.475 e. The summed E-state index contributed by atoms with van der Waals surface area (Å²) in [5, 5.41) is 15.3. The number of aromatic carboxylic acids is 1. The van der Waals surface area contributed by atoms with Crippen molar-refractivity contribution in [2.75, 3.05) is 0 Å². The predicted octanol–water partition coefficient (Wildman–Crippen LogP) is 1.25. The molecule has 96 valence electrons. The molecule has 2 rings (SSSR count). The number of H-pyrrole nitrogens is 1. The molecule has 2 heterocycles. The third-order valence-electron chi connectivity index (χ3n) is 2.36.